The fourth-order valence-corrected chi connectivity index (χ4v) is 3.20. The first kappa shape index (κ1) is 18.1. The fourth-order valence-electron chi connectivity index (χ4n) is 2.57. The lowest BCUT2D eigenvalue weighted by atomic mass is 10.2. The summed E-state index contributed by atoms with van der Waals surface area (Å²) in [6, 6.07) is 15.6. The van der Waals surface area contributed by atoms with Gasteiger partial charge in [0.05, 0.1) is 5.75 Å². The Hall–Kier alpha value is -3.26. The minimum atomic E-state index is -0.0890. The number of hydrogen-bond acceptors (Lipinski definition) is 6. The van der Waals surface area contributed by atoms with E-state index in [1.54, 1.807) is 0 Å². The standard InChI is InChI=1S/C20H18N4O3S/c25-19(21-11-15-6-8-16-17(10-15)27-13-26-16)12-28-20-22-18(23-24-20)9-7-14-4-2-1-3-5-14/h1-10H,11-13H2,(H,21,25)(H,22,23,24)/b9-7+. The molecule has 4 rings (SSSR count). The van der Waals surface area contributed by atoms with Crippen LogP contribution in [0.15, 0.2) is 53.7 Å². The van der Waals surface area contributed by atoms with Crippen LogP contribution in [-0.4, -0.2) is 33.6 Å². The van der Waals surface area contributed by atoms with E-state index in [0.29, 0.717) is 23.3 Å². The number of benzene rings is 2. The van der Waals surface area contributed by atoms with Crippen molar-refractivity contribution in [3.8, 4) is 11.5 Å². The Balaban J connectivity index is 1.24. The summed E-state index contributed by atoms with van der Waals surface area (Å²) >= 11 is 1.28. The largest absolute Gasteiger partial charge is 0.454 e. The molecule has 1 amide bonds. The van der Waals surface area contributed by atoms with Crippen LogP contribution in [0.2, 0.25) is 0 Å². The summed E-state index contributed by atoms with van der Waals surface area (Å²) in [4.78, 5) is 16.4. The number of thioether (sulfide) groups is 1. The van der Waals surface area contributed by atoms with Crippen LogP contribution in [0.3, 0.4) is 0 Å². The molecule has 0 spiro atoms. The molecule has 1 aromatic heterocycles. The highest BCUT2D eigenvalue weighted by Gasteiger charge is 2.13. The number of carbonyl (C=O) groups excluding carboxylic acids is 1. The Bertz CT molecular complexity index is 988. The molecule has 2 heterocycles. The molecule has 28 heavy (non-hydrogen) atoms. The number of rotatable bonds is 7. The predicted molar refractivity (Wildman–Crippen MR) is 107 cm³/mol. The number of amides is 1. The lowest BCUT2D eigenvalue weighted by Gasteiger charge is -2.05. The molecule has 0 atom stereocenters. The van der Waals surface area contributed by atoms with E-state index in [1.807, 2.05) is 60.7 Å². The topological polar surface area (TPSA) is 89.1 Å². The van der Waals surface area contributed by atoms with Gasteiger partial charge in [-0.2, -0.15) is 0 Å². The van der Waals surface area contributed by atoms with Gasteiger partial charge in [-0.05, 0) is 29.3 Å². The Labute approximate surface area is 166 Å². The van der Waals surface area contributed by atoms with Crippen molar-refractivity contribution in [3.63, 3.8) is 0 Å². The van der Waals surface area contributed by atoms with E-state index in [2.05, 4.69) is 20.5 Å². The molecule has 8 heteroatoms. The Morgan fingerprint density at radius 2 is 2.00 bits per heavy atom. The Kier molecular flexibility index (Phi) is 5.58. The summed E-state index contributed by atoms with van der Waals surface area (Å²) in [5, 5.41) is 10.4. The highest BCUT2D eigenvalue weighted by Crippen LogP contribution is 2.32. The quantitative estimate of drug-likeness (QED) is 0.599. The normalized spacial score (nSPS) is 12.4. The second-order valence-electron chi connectivity index (χ2n) is 6.00. The average Bonchev–Trinajstić information content (AvgIpc) is 3.38. The van der Waals surface area contributed by atoms with Gasteiger partial charge in [0.15, 0.2) is 11.5 Å². The Morgan fingerprint density at radius 1 is 1.14 bits per heavy atom. The van der Waals surface area contributed by atoms with Crippen molar-refractivity contribution in [3.05, 3.63) is 65.5 Å². The van der Waals surface area contributed by atoms with Crippen molar-refractivity contribution < 1.29 is 14.3 Å². The molecule has 142 valence electrons. The average molecular weight is 394 g/mol. The van der Waals surface area contributed by atoms with Crippen LogP contribution in [0.1, 0.15) is 17.0 Å². The van der Waals surface area contributed by atoms with Crippen LogP contribution in [0, 0.1) is 0 Å². The molecule has 0 aliphatic carbocycles. The molecule has 3 aromatic rings. The zero-order valence-corrected chi connectivity index (χ0v) is 15.7. The molecule has 2 aromatic carbocycles. The SMILES string of the molecule is O=C(CSc1n[nH]c(/C=C/c2ccccc2)n1)NCc1ccc2c(c1)OCO2. The number of fused-ring (bicyclic) bond motifs is 1. The van der Waals surface area contributed by atoms with Crippen molar-refractivity contribution in [2.45, 2.75) is 11.7 Å². The molecule has 7 nitrogen and oxygen atoms in total. The van der Waals surface area contributed by atoms with Crippen LogP contribution >= 0.6 is 11.8 Å². The van der Waals surface area contributed by atoms with Gasteiger partial charge in [-0.25, -0.2) is 4.98 Å². The first-order chi connectivity index (χ1) is 13.8. The summed E-state index contributed by atoms with van der Waals surface area (Å²) in [5.74, 6) is 2.23. The molecule has 0 saturated heterocycles. The number of ether oxygens (including phenoxy) is 2. The molecule has 1 aliphatic heterocycles. The van der Waals surface area contributed by atoms with Crippen LogP contribution in [0.25, 0.3) is 12.2 Å². The third-order valence-corrected chi connectivity index (χ3v) is 4.82. The fraction of sp³-hybridized carbons (Fsp3) is 0.150. The molecular formula is C20H18N4O3S. The first-order valence-electron chi connectivity index (χ1n) is 8.70. The second kappa shape index (κ2) is 8.62. The van der Waals surface area contributed by atoms with E-state index in [1.165, 1.54) is 11.8 Å². The van der Waals surface area contributed by atoms with E-state index in [4.69, 9.17) is 9.47 Å². The summed E-state index contributed by atoms with van der Waals surface area (Å²) < 4.78 is 10.6. The van der Waals surface area contributed by atoms with Crippen molar-refractivity contribution in [1.82, 2.24) is 20.5 Å². The van der Waals surface area contributed by atoms with Gasteiger partial charge in [0, 0.05) is 6.54 Å². The third-order valence-electron chi connectivity index (χ3n) is 3.97. The minimum absolute atomic E-state index is 0.0890. The number of H-pyrrole nitrogens is 1. The third kappa shape index (κ3) is 4.72. The predicted octanol–water partition coefficient (Wildman–Crippen LogP) is 3.11. The van der Waals surface area contributed by atoms with Gasteiger partial charge >= 0.3 is 0 Å². The number of nitrogens with zero attached hydrogens (tertiary/aromatic N) is 2. The van der Waals surface area contributed by atoms with E-state index in [0.717, 1.165) is 16.9 Å². The zero-order valence-electron chi connectivity index (χ0n) is 14.9. The number of nitrogens with one attached hydrogen (secondary N) is 2. The first-order valence-corrected chi connectivity index (χ1v) is 9.68. The van der Waals surface area contributed by atoms with Crippen LogP contribution < -0.4 is 14.8 Å². The van der Waals surface area contributed by atoms with Gasteiger partial charge in [-0.15, -0.1) is 5.10 Å². The van der Waals surface area contributed by atoms with Gasteiger partial charge in [0.2, 0.25) is 17.9 Å². The van der Waals surface area contributed by atoms with E-state index >= 15 is 0 Å². The van der Waals surface area contributed by atoms with Crippen molar-refractivity contribution in [1.29, 1.82) is 0 Å². The molecular weight excluding hydrogens is 376 g/mol. The maximum absolute atomic E-state index is 12.1. The van der Waals surface area contributed by atoms with Gasteiger partial charge in [-0.1, -0.05) is 54.2 Å². The monoisotopic (exact) mass is 394 g/mol. The highest BCUT2D eigenvalue weighted by atomic mass is 32.2. The number of aromatic nitrogens is 3. The Morgan fingerprint density at radius 3 is 2.89 bits per heavy atom. The lowest BCUT2D eigenvalue weighted by Crippen LogP contribution is -2.24. The summed E-state index contributed by atoms with van der Waals surface area (Å²) in [6.07, 6.45) is 3.80. The summed E-state index contributed by atoms with van der Waals surface area (Å²) in [6.45, 7) is 0.663. The molecule has 0 unspecified atom stereocenters. The molecule has 1 aliphatic rings. The second-order valence-corrected chi connectivity index (χ2v) is 6.94. The van der Waals surface area contributed by atoms with E-state index < -0.39 is 0 Å². The highest BCUT2D eigenvalue weighted by molar-refractivity contribution is 7.99. The molecule has 2 N–H and O–H groups in total. The number of aromatic amines is 1. The molecule has 0 bridgehead atoms. The van der Waals surface area contributed by atoms with E-state index in [9.17, 15) is 4.79 Å². The van der Waals surface area contributed by atoms with Gasteiger partial charge in [0.25, 0.3) is 0 Å². The van der Waals surface area contributed by atoms with Gasteiger partial charge < -0.3 is 14.8 Å². The minimum Gasteiger partial charge on any atom is -0.454 e. The van der Waals surface area contributed by atoms with Crippen molar-refractivity contribution >= 4 is 29.8 Å². The van der Waals surface area contributed by atoms with Crippen LogP contribution in [-0.2, 0) is 11.3 Å². The molecule has 0 saturated carbocycles. The van der Waals surface area contributed by atoms with Crippen LogP contribution in [0.4, 0.5) is 0 Å². The number of hydrogen-bond donors (Lipinski definition) is 2. The maximum atomic E-state index is 12.1. The van der Waals surface area contributed by atoms with Crippen LogP contribution in [0.5, 0.6) is 11.5 Å². The van der Waals surface area contributed by atoms with Crippen molar-refractivity contribution in [2.24, 2.45) is 0 Å². The summed E-state index contributed by atoms with van der Waals surface area (Å²) in [5.41, 5.74) is 2.03. The number of carbonyl (C=O) groups is 1. The maximum Gasteiger partial charge on any atom is 0.231 e. The van der Waals surface area contributed by atoms with E-state index in [-0.39, 0.29) is 18.5 Å². The molecule has 0 fully saturated rings. The van der Waals surface area contributed by atoms with Gasteiger partial charge in [-0.3, -0.25) is 9.89 Å². The lowest BCUT2D eigenvalue weighted by molar-refractivity contribution is -0.118. The summed E-state index contributed by atoms with van der Waals surface area (Å²) in [7, 11) is 0. The smallest absolute Gasteiger partial charge is 0.231 e. The zero-order chi connectivity index (χ0) is 19.2. The van der Waals surface area contributed by atoms with Gasteiger partial charge in [0.1, 0.15) is 5.82 Å². The molecule has 0 radical (unpaired) electrons. The van der Waals surface area contributed by atoms with Crippen molar-refractivity contribution in [2.75, 3.05) is 12.5 Å².